The molecule has 1 aliphatic heterocycles. The normalized spacial score (nSPS) is 28.0. The first-order valence-corrected chi connectivity index (χ1v) is 10.7. The first-order valence-electron chi connectivity index (χ1n) is 10.7. The maximum absolute atomic E-state index is 11.7. The maximum Gasteiger partial charge on any atom is 0.246 e. The van der Waals surface area contributed by atoms with Gasteiger partial charge < -0.3 is 40.4 Å². The highest BCUT2D eigenvalue weighted by molar-refractivity contribution is 5.77. The lowest BCUT2D eigenvalue weighted by molar-refractivity contribution is -0.274. The van der Waals surface area contributed by atoms with E-state index < -0.39 is 30.6 Å². The number of aliphatic hydroxyl groups is 2. The van der Waals surface area contributed by atoms with E-state index in [1.54, 1.807) is 0 Å². The molecule has 1 aliphatic rings. The van der Waals surface area contributed by atoms with Crippen molar-refractivity contribution in [2.24, 2.45) is 0 Å². The Labute approximate surface area is 181 Å². The molecule has 1 amide bonds. The zero-order valence-electron chi connectivity index (χ0n) is 19.8. The van der Waals surface area contributed by atoms with Crippen LogP contribution in [0.4, 0.5) is 0 Å². The van der Waals surface area contributed by atoms with E-state index in [2.05, 4.69) is 36.7 Å². The van der Waals surface area contributed by atoms with E-state index in [-0.39, 0.29) is 36.2 Å². The molecule has 5 N–H and O–H groups in total. The van der Waals surface area contributed by atoms with Crippen LogP contribution in [0.25, 0.3) is 0 Å². The molecular weight excluding hydrogens is 390 g/mol. The molecule has 5 atom stereocenters. The average molecular weight is 434 g/mol. The van der Waals surface area contributed by atoms with Crippen molar-refractivity contribution >= 4 is 5.91 Å². The second-order valence-electron chi connectivity index (χ2n) is 10.2. The second-order valence-corrected chi connectivity index (χ2v) is 10.2. The highest BCUT2D eigenvalue weighted by atomic mass is 16.7. The minimum atomic E-state index is -1.18. The summed E-state index contributed by atoms with van der Waals surface area (Å²) >= 11 is 0. The predicted molar refractivity (Wildman–Crippen MR) is 115 cm³/mol. The van der Waals surface area contributed by atoms with E-state index >= 15 is 0 Å². The van der Waals surface area contributed by atoms with Crippen molar-refractivity contribution in [1.29, 1.82) is 0 Å². The van der Waals surface area contributed by atoms with Crippen LogP contribution in [0.3, 0.4) is 0 Å². The van der Waals surface area contributed by atoms with Crippen LogP contribution in [0, 0.1) is 0 Å². The number of hydrogen-bond donors (Lipinski definition) is 5. The molecule has 0 bridgehead atoms. The molecule has 178 valence electrons. The number of carbonyl (C=O) groups is 1. The standard InChI is InChI=1S/C21H43N3O6/c1-13(2)23-15(25)12-28-11-14-17(26)18(27)16(24-21(6,7)8)19(30-14)29-10-9-22-20(3,4)5/h13-14,16-19,22,24,26-27H,9-12H2,1-8H3,(H,23,25)/t14?,16?,17?,18-,19-/m1/s1. The van der Waals surface area contributed by atoms with Crippen LogP contribution in [0.1, 0.15) is 55.4 Å². The molecule has 0 spiro atoms. The van der Waals surface area contributed by atoms with Crippen molar-refractivity contribution in [3.63, 3.8) is 0 Å². The van der Waals surface area contributed by atoms with Crippen LogP contribution < -0.4 is 16.0 Å². The third-order valence-corrected chi connectivity index (χ3v) is 4.31. The van der Waals surface area contributed by atoms with Crippen LogP contribution in [0.2, 0.25) is 0 Å². The molecule has 30 heavy (non-hydrogen) atoms. The van der Waals surface area contributed by atoms with Crippen molar-refractivity contribution in [2.45, 2.75) is 103 Å². The van der Waals surface area contributed by atoms with Crippen molar-refractivity contribution < 1.29 is 29.2 Å². The largest absolute Gasteiger partial charge is 0.388 e. The number of hydrogen-bond acceptors (Lipinski definition) is 8. The van der Waals surface area contributed by atoms with Gasteiger partial charge >= 0.3 is 0 Å². The summed E-state index contributed by atoms with van der Waals surface area (Å²) in [6.45, 7) is 16.6. The molecule has 0 aliphatic carbocycles. The molecule has 0 aromatic carbocycles. The van der Waals surface area contributed by atoms with Crippen molar-refractivity contribution in [3.8, 4) is 0 Å². The van der Waals surface area contributed by atoms with Gasteiger partial charge in [-0.3, -0.25) is 4.79 Å². The van der Waals surface area contributed by atoms with Crippen LogP contribution in [-0.2, 0) is 19.0 Å². The van der Waals surface area contributed by atoms with Gasteiger partial charge in [-0.1, -0.05) is 0 Å². The van der Waals surface area contributed by atoms with Gasteiger partial charge in [0, 0.05) is 23.7 Å². The van der Waals surface area contributed by atoms with E-state index in [9.17, 15) is 15.0 Å². The van der Waals surface area contributed by atoms with E-state index in [1.807, 2.05) is 34.6 Å². The van der Waals surface area contributed by atoms with E-state index in [0.29, 0.717) is 13.2 Å². The molecule has 9 nitrogen and oxygen atoms in total. The highest BCUT2D eigenvalue weighted by Gasteiger charge is 2.46. The maximum atomic E-state index is 11.7. The van der Waals surface area contributed by atoms with Crippen LogP contribution >= 0.6 is 0 Å². The minimum absolute atomic E-state index is 0.0168. The Kier molecular flexibility index (Phi) is 10.6. The molecule has 0 aromatic rings. The van der Waals surface area contributed by atoms with E-state index in [4.69, 9.17) is 14.2 Å². The monoisotopic (exact) mass is 433 g/mol. The Morgan fingerprint density at radius 1 is 1.07 bits per heavy atom. The molecule has 1 rings (SSSR count). The number of amides is 1. The molecule has 0 radical (unpaired) electrons. The predicted octanol–water partition coefficient (Wildman–Crippen LogP) is 0.136. The summed E-state index contributed by atoms with van der Waals surface area (Å²) in [5.74, 6) is -0.246. The van der Waals surface area contributed by atoms with Gasteiger partial charge in [0.05, 0.1) is 19.3 Å². The SMILES string of the molecule is CC(C)NC(=O)COCC1O[C@@H](OCCNC(C)(C)C)C(NC(C)(C)C)[C@@H](O)C1O. The molecule has 0 saturated carbocycles. The van der Waals surface area contributed by atoms with Crippen molar-refractivity contribution in [2.75, 3.05) is 26.4 Å². The van der Waals surface area contributed by atoms with Crippen LogP contribution in [0.15, 0.2) is 0 Å². The van der Waals surface area contributed by atoms with Gasteiger partial charge in [-0.05, 0) is 55.4 Å². The Morgan fingerprint density at radius 3 is 2.23 bits per heavy atom. The van der Waals surface area contributed by atoms with Crippen LogP contribution in [0.5, 0.6) is 0 Å². The molecule has 1 heterocycles. The molecule has 0 aromatic heterocycles. The van der Waals surface area contributed by atoms with Gasteiger partial charge in [0.15, 0.2) is 6.29 Å². The topological polar surface area (TPSA) is 121 Å². The summed E-state index contributed by atoms with van der Waals surface area (Å²) in [6, 6.07) is -0.599. The van der Waals surface area contributed by atoms with E-state index in [1.165, 1.54) is 0 Å². The highest BCUT2D eigenvalue weighted by Crippen LogP contribution is 2.24. The van der Waals surface area contributed by atoms with Gasteiger partial charge in [-0.15, -0.1) is 0 Å². The fraction of sp³-hybridized carbons (Fsp3) is 0.952. The van der Waals surface area contributed by atoms with Gasteiger partial charge in [0.1, 0.15) is 24.9 Å². The lowest BCUT2D eigenvalue weighted by atomic mass is 9.94. The third-order valence-electron chi connectivity index (χ3n) is 4.31. The van der Waals surface area contributed by atoms with Gasteiger partial charge in [0.25, 0.3) is 0 Å². The summed E-state index contributed by atoms with van der Waals surface area (Å²) < 4.78 is 17.3. The number of ether oxygens (including phenoxy) is 3. The third kappa shape index (κ3) is 10.5. The summed E-state index contributed by atoms with van der Waals surface area (Å²) in [5, 5.41) is 30.6. The molecule has 9 heteroatoms. The Balaban J connectivity index is 2.71. The van der Waals surface area contributed by atoms with Gasteiger partial charge in [-0.2, -0.15) is 0 Å². The molecule has 3 unspecified atom stereocenters. The summed E-state index contributed by atoms with van der Waals surface area (Å²) in [4.78, 5) is 11.7. The van der Waals surface area contributed by atoms with E-state index in [0.717, 1.165) is 0 Å². The second kappa shape index (κ2) is 11.7. The van der Waals surface area contributed by atoms with Gasteiger partial charge in [-0.25, -0.2) is 0 Å². The molecule has 1 saturated heterocycles. The average Bonchev–Trinajstić information content (AvgIpc) is 2.56. The minimum Gasteiger partial charge on any atom is -0.388 e. The number of carbonyl (C=O) groups excluding carboxylic acids is 1. The first kappa shape index (κ1) is 27.2. The van der Waals surface area contributed by atoms with Crippen molar-refractivity contribution in [3.05, 3.63) is 0 Å². The lowest BCUT2D eigenvalue weighted by Gasteiger charge is -2.45. The number of nitrogens with one attached hydrogen (secondary N) is 3. The van der Waals surface area contributed by atoms with Crippen molar-refractivity contribution in [1.82, 2.24) is 16.0 Å². The Bertz CT molecular complexity index is 518. The molecule has 1 fully saturated rings. The zero-order chi connectivity index (χ0) is 23.1. The Morgan fingerprint density at radius 2 is 1.70 bits per heavy atom. The quantitative estimate of drug-likeness (QED) is 0.309. The van der Waals surface area contributed by atoms with Gasteiger partial charge in [0.2, 0.25) is 5.91 Å². The Hall–Kier alpha value is -0.810. The summed E-state index contributed by atoms with van der Waals surface area (Å²) in [5.41, 5.74) is -0.360. The molecular formula is C21H43N3O6. The first-order chi connectivity index (χ1) is 13.7. The van der Waals surface area contributed by atoms with Crippen LogP contribution in [-0.4, -0.2) is 90.2 Å². The summed E-state index contributed by atoms with van der Waals surface area (Å²) in [6.07, 6.45) is -3.88. The smallest absolute Gasteiger partial charge is 0.246 e. The summed E-state index contributed by atoms with van der Waals surface area (Å²) in [7, 11) is 0. The number of aliphatic hydroxyl groups excluding tert-OH is 2. The fourth-order valence-corrected chi connectivity index (χ4v) is 3.10. The fourth-order valence-electron chi connectivity index (χ4n) is 3.10. The zero-order valence-corrected chi connectivity index (χ0v) is 19.8. The number of rotatable bonds is 10. The lowest BCUT2D eigenvalue weighted by Crippen LogP contribution is -2.66.